The Balaban J connectivity index is 2.12. The molecule has 0 atom stereocenters. The first-order valence-corrected chi connectivity index (χ1v) is 9.71. The van der Waals surface area contributed by atoms with Crippen LogP contribution in [0.3, 0.4) is 0 Å². The van der Waals surface area contributed by atoms with Gasteiger partial charge in [0.15, 0.2) is 5.78 Å². The molecule has 1 fully saturated rings. The monoisotopic (exact) mass is 375 g/mol. The molecular weight excluding hydrogens is 350 g/mol. The highest BCUT2D eigenvalue weighted by atomic mass is 16.6. The summed E-state index contributed by atoms with van der Waals surface area (Å²) in [6, 6.07) is 19.4. The number of amides is 1. The second kappa shape index (κ2) is 9.70. The van der Waals surface area contributed by atoms with E-state index in [1.165, 1.54) is 0 Å². The fraction of sp³-hybridized carbons (Fsp3) is 0.250. The van der Waals surface area contributed by atoms with Crippen LogP contribution < -0.4 is 0 Å². The number of hydrogen-bond donors (Lipinski definition) is 0. The number of carbonyl (C=O) groups excluding carboxylic acids is 2. The molecule has 144 valence electrons. The third-order valence-electron chi connectivity index (χ3n) is 4.64. The van der Waals surface area contributed by atoms with Gasteiger partial charge in [-0.3, -0.25) is 9.69 Å². The summed E-state index contributed by atoms with van der Waals surface area (Å²) in [5.74, 6) is 0.0421. The van der Waals surface area contributed by atoms with Gasteiger partial charge in [-0.2, -0.15) is 0 Å². The molecule has 0 spiro atoms. The van der Waals surface area contributed by atoms with Crippen molar-refractivity contribution in [3.8, 4) is 0 Å². The van der Waals surface area contributed by atoms with Crippen LogP contribution in [0.25, 0.3) is 11.6 Å². The van der Waals surface area contributed by atoms with Crippen molar-refractivity contribution in [3.63, 3.8) is 0 Å². The third kappa shape index (κ3) is 4.77. The largest absolute Gasteiger partial charge is 0.447 e. The SMILES string of the molecule is CCCCC(=O)/C(=C(\C=C\c1ccccc1)N1CCOC1=O)c1ccccc1. The smallest absolute Gasteiger partial charge is 0.414 e. The molecule has 0 bridgehead atoms. The molecule has 3 rings (SSSR count). The summed E-state index contributed by atoms with van der Waals surface area (Å²) in [5.41, 5.74) is 2.98. The molecule has 1 saturated heterocycles. The van der Waals surface area contributed by atoms with Crippen LogP contribution in [0, 0.1) is 0 Å². The van der Waals surface area contributed by atoms with Gasteiger partial charge in [0.25, 0.3) is 0 Å². The second-order valence-electron chi connectivity index (χ2n) is 6.66. The van der Waals surface area contributed by atoms with Crippen molar-refractivity contribution in [2.45, 2.75) is 26.2 Å². The summed E-state index contributed by atoms with van der Waals surface area (Å²) in [4.78, 5) is 27.0. The van der Waals surface area contributed by atoms with Crippen molar-refractivity contribution < 1.29 is 14.3 Å². The number of ketones is 1. The maximum Gasteiger partial charge on any atom is 0.414 e. The number of allylic oxidation sites excluding steroid dienone is 2. The lowest BCUT2D eigenvalue weighted by molar-refractivity contribution is -0.113. The highest BCUT2D eigenvalue weighted by molar-refractivity contribution is 6.22. The van der Waals surface area contributed by atoms with Gasteiger partial charge in [-0.05, 0) is 23.6 Å². The van der Waals surface area contributed by atoms with Crippen LogP contribution in [0.1, 0.15) is 37.3 Å². The van der Waals surface area contributed by atoms with Gasteiger partial charge in [0.2, 0.25) is 0 Å². The number of hydrogen-bond acceptors (Lipinski definition) is 3. The molecule has 0 saturated carbocycles. The average Bonchev–Trinajstić information content (AvgIpc) is 3.16. The molecule has 0 radical (unpaired) electrons. The van der Waals surface area contributed by atoms with E-state index in [0.717, 1.165) is 24.0 Å². The van der Waals surface area contributed by atoms with Gasteiger partial charge < -0.3 is 4.74 Å². The number of nitrogens with zero attached hydrogens (tertiary/aromatic N) is 1. The number of unbranched alkanes of at least 4 members (excludes halogenated alkanes) is 1. The molecule has 2 aromatic rings. The van der Waals surface area contributed by atoms with E-state index in [1.807, 2.05) is 72.8 Å². The Morgan fingerprint density at radius 1 is 1.07 bits per heavy atom. The van der Waals surface area contributed by atoms with Gasteiger partial charge in [-0.1, -0.05) is 80.1 Å². The lowest BCUT2D eigenvalue weighted by Crippen LogP contribution is -2.25. The molecule has 4 nitrogen and oxygen atoms in total. The van der Waals surface area contributed by atoms with Gasteiger partial charge in [-0.25, -0.2) is 4.79 Å². The van der Waals surface area contributed by atoms with E-state index in [4.69, 9.17) is 4.74 Å². The number of benzene rings is 2. The molecule has 0 N–H and O–H groups in total. The van der Waals surface area contributed by atoms with Crippen molar-refractivity contribution >= 4 is 23.5 Å². The van der Waals surface area contributed by atoms with Gasteiger partial charge in [0.05, 0.1) is 12.2 Å². The van der Waals surface area contributed by atoms with Crippen molar-refractivity contribution in [2.75, 3.05) is 13.2 Å². The van der Waals surface area contributed by atoms with Gasteiger partial charge >= 0.3 is 6.09 Å². The number of rotatable bonds is 8. The Bertz CT molecular complexity index is 869. The van der Waals surface area contributed by atoms with E-state index in [2.05, 4.69) is 6.92 Å². The van der Waals surface area contributed by atoms with E-state index in [0.29, 0.717) is 30.8 Å². The van der Waals surface area contributed by atoms with Crippen LogP contribution in [-0.2, 0) is 9.53 Å². The topological polar surface area (TPSA) is 46.6 Å². The molecule has 1 heterocycles. The molecule has 2 aromatic carbocycles. The van der Waals surface area contributed by atoms with Crippen LogP contribution >= 0.6 is 0 Å². The van der Waals surface area contributed by atoms with E-state index in [9.17, 15) is 9.59 Å². The van der Waals surface area contributed by atoms with E-state index >= 15 is 0 Å². The van der Waals surface area contributed by atoms with Gasteiger partial charge in [-0.15, -0.1) is 0 Å². The highest BCUT2D eigenvalue weighted by Crippen LogP contribution is 2.28. The Morgan fingerprint density at radius 2 is 1.75 bits per heavy atom. The molecule has 1 aliphatic heterocycles. The van der Waals surface area contributed by atoms with Crippen LogP contribution in [0.5, 0.6) is 0 Å². The Kier molecular flexibility index (Phi) is 6.79. The number of ether oxygens (including phenoxy) is 1. The lowest BCUT2D eigenvalue weighted by atomic mass is 9.95. The van der Waals surface area contributed by atoms with Crippen LogP contribution in [0.2, 0.25) is 0 Å². The first kappa shape index (κ1) is 19.6. The Morgan fingerprint density at radius 3 is 2.36 bits per heavy atom. The van der Waals surface area contributed by atoms with Gasteiger partial charge in [0, 0.05) is 12.0 Å². The normalized spacial score (nSPS) is 14.9. The molecule has 28 heavy (non-hydrogen) atoms. The quantitative estimate of drug-likeness (QED) is 0.463. The zero-order valence-corrected chi connectivity index (χ0v) is 16.1. The maximum absolute atomic E-state index is 13.1. The predicted octanol–water partition coefficient (Wildman–Crippen LogP) is 5.32. The minimum Gasteiger partial charge on any atom is -0.447 e. The Labute approximate surface area is 166 Å². The molecule has 1 amide bonds. The molecule has 1 aliphatic rings. The average molecular weight is 375 g/mol. The summed E-state index contributed by atoms with van der Waals surface area (Å²) < 4.78 is 5.15. The Hall–Kier alpha value is -3.14. The van der Waals surface area contributed by atoms with Crippen LogP contribution in [0.4, 0.5) is 4.79 Å². The van der Waals surface area contributed by atoms with Crippen molar-refractivity contribution in [1.29, 1.82) is 0 Å². The predicted molar refractivity (Wildman–Crippen MR) is 111 cm³/mol. The zero-order chi connectivity index (χ0) is 19.8. The molecule has 4 heteroatoms. The summed E-state index contributed by atoms with van der Waals surface area (Å²) in [5, 5.41) is 0. The van der Waals surface area contributed by atoms with Crippen molar-refractivity contribution in [3.05, 3.63) is 83.6 Å². The van der Waals surface area contributed by atoms with Crippen molar-refractivity contribution in [1.82, 2.24) is 4.90 Å². The number of carbonyl (C=O) groups is 2. The molecule has 0 aromatic heterocycles. The molecule has 0 aliphatic carbocycles. The number of Topliss-reactive ketones (excluding diaryl/α,β-unsaturated/α-hetero) is 1. The first-order chi connectivity index (χ1) is 13.7. The van der Waals surface area contributed by atoms with E-state index in [1.54, 1.807) is 4.90 Å². The van der Waals surface area contributed by atoms with E-state index in [-0.39, 0.29) is 5.78 Å². The highest BCUT2D eigenvalue weighted by Gasteiger charge is 2.29. The lowest BCUT2D eigenvalue weighted by Gasteiger charge is -2.19. The fourth-order valence-corrected chi connectivity index (χ4v) is 3.18. The van der Waals surface area contributed by atoms with E-state index < -0.39 is 6.09 Å². The number of cyclic esters (lactones) is 1. The third-order valence-corrected chi connectivity index (χ3v) is 4.64. The summed E-state index contributed by atoms with van der Waals surface area (Å²) >= 11 is 0. The summed E-state index contributed by atoms with van der Waals surface area (Å²) in [7, 11) is 0. The fourth-order valence-electron chi connectivity index (χ4n) is 3.18. The van der Waals surface area contributed by atoms with Gasteiger partial charge in [0.1, 0.15) is 6.61 Å². The first-order valence-electron chi connectivity index (χ1n) is 9.71. The standard InChI is InChI=1S/C24H25NO3/c1-2-3-14-22(26)23(20-12-8-5-9-13-20)21(25-17-18-28-24(25)27)16-15-19-10-6-4-7-11-19/h4-13,15-16H,2-3,14,17-18H2,1H3/b16-15+,23-21+. The summed E-state index contributed by atoms with van der Waals surface area (Å²) in [6.07, 6.45) is 5.57. The second-order valence-corrected chi connectivity index (χ2v) is 6.66. The molecule has 0 unspecified atom stereocenters. The van der Waals surface area contributed by atoms with Crippen molar-refractivity contribution in [2.24, 2.45) is 0 Å². The minimum atomic E-state index is -0.413. The zero-order valence-electron chi connectivity index (χ0n) is 16.1. The minimum absolute atomic E-state index is 0.0421. The maximum atomic E-state index is 13.1. The van der Waals surface area contributed by atoms with Crippen LogP contribution in [-0.4, -0.2) is 29.9 Å². The van der Waals surface area contributed by atoms with Crippen LogP contribution in [0.15, 0.2) is 72.4 Å². The summed E-state index contributed by atoms with van der Waals surface area (Å²) in [6.45, 7) is 2.82. The molecular formula is C24H25NO3.